The van der Waals surface area contributed by atoms with Crippen molar-refractivity contribution in [1.29, 1.82) is 0 Å². The summed E-state index contributed by atoms with van der Waals surface area (Å²) in [6, 6.07) is 12.9. The molecule has 1 N–H and O–H groups in total. The third kappa shape index (κ3) is 4.42. The van der Waals surface area contributed by atoms with Crippen LogP contribution in [0.2, 0.25) is 0 Å². The zero-order chi connectivity index (χ0) is 17.6. The highest BCUT2D eigenvalue weighted by atomic mass is 16.5. The van der Waals surface area contributed by atoms with E-state index < -0.39 is 0 Å². The predicted octanol–water partition coefficient (Wildman–Crippen LogP) is 3.42. The number of methoxy groups -OCH3 is 2. The number of nitrogens with one attached hydrogen (secondary N) is 1. The molecule has 1 saturated heterocycles. The summed E-state index contributed by atoms with van der Waals surface area (Å²) in [5.41, 5.74) is 2.26. The van der Waals surface area contributed by atoms with Crippen molar-refractivity contribution in [3.05, 3.63) is 48.3 Å². The summed E-state index contributed by atoms with van der Waals surface area (Å²) in [6.45, 7) is 4.22. The van der Waals surface area contributed by atoms with Crippen LogP contribution < -0.4 is 19.7 Å². The summed E-state index contributed by atoms with van der Waals surface area (Å²) < 4.78 is 10.8. The van der Waals surface area contributed by atoms with E-state index in [0.717, 1.165) is 48.8 Å². The van der Waals surface area contributed by atoms with Crippen LogP contribution >= 0.6 is 0 Å². The summed E-state index contributed by atoms with van der Waals surface area (Å²) >= 11 is 0. The lowest BCUT2D eigenvalue weighted by molar-refractivity contribution is 0.375. The van der Waals surface area contributed by atoms with Gasteiger partial charge in [0, 0.05) is 55.3 Å². The average Bonchev–Trinajstić information content (AvgIpc) is 2.68. The lowest BCUT2D eigenvalue weighted by Crippen LogP contribution is -2.43. The van der Waals surface area contributed by atoms with E-state index in [1.807, 2.05) is 24.4 Å². The Morgan fingerprint density at radius 3 is 2.32 bits per heavy atom. The molecule has 134 valence electrons. The second kappa shape index (κ2) is 8.21. The van der Waals surface area contributed by atoms with Crippen molar-refractivity contribution in [1.82, 2.24) is 10.3 Å². The Morgan fingerprint density at radius 2 is 1.76 bits per heavy atom. The lowest BCUT2D eigenvalue weighted by atomic mass is 10.0. The molecule has 1 fully saturated rings. The fraction of sp³-hybridized carbons (Fsp3) is 0.450. The first-order chi connectivity index (χ1) is 12.2. The first kappa shape index (κ1) is 17.5. The van der Waals surface area contributed by atoms with Crippen LogP contribution in [-0.4, -0.2) is 38.3 Å². The smallest absolute Gasteiger partial charge is 0.124 e. The Bertz CT molecular complexity index is 648. The fourth-order valence-corrected chi connectivity index (χ4v) is 3.35. The molecule has 3 rings (SSSR count). The van der Waals surface area contributed by atoms with Crippen molar-refractivity contribution >= 4 is 5.69 Å². The largest absolute Gasteiger partial charge is 0.497 e. The molecule has 5 heteroatoms. The third-order valence-corrected chi connectivity index (χ3v) is 4.81. The quantitative estimate of drug-likeness (QED) is 0.872. The van der Waals surface area contributed by atoms with Crippen molar-refractivity contribution < 1.29 is 9.47 Å². The minimum atomic E-state index is 0.273. The number of ether oxygens (including phenoxy) is 2. The van der Waals surface area contributed by atoms with E-state index in [2.05, 4.69) is 40.3 Å². The molecule has 1 aromatic heterocycles. The van der Waals surface area contributed by atoms with Crippen molar-refractivity contribution in [2.45, 2.75) is 31.8 Å². The number of pyridine rings is 1. The molecule has 25 heavy (non-hydrogen) atoms. The van der Waals surface area contributed by atoms with Gasteiger partial charge in [0.15, 0.2) is 0 Å². The topological polar surface area (TPSA) is 46.6 Å². The number of benzene rings is 1. The van der Waals surface area contributed by atoms with Gasteiger partial charge >= 0.3 is 0 Å². The van der Waals surface area contributed by atoms with Gasteiger partial charge in [-0.2, -0.15) is 0 Å². The summed E-state index contributed by atoms with van der Waals surface area (Å²) in [6.07, 6.45) is 4.07. The molecule has 1 aliphatic heterocycles. The maximum atomic E-state index is 5.38. The van der Waals surface area contributed by atoms with E-state index in [1.165, 1.54) is 0 Å². The zero-order valence-electron chi connectivity index (χ0n) is 15.2. The molecule has 0 aliphatic carbocycles. The Labute approximate surface area is 150 Å². The van der Waals surface area contributed by atoms with Gasteiger partial charge < -0.3 is 19.7 Å². The minimum absolute atomic E-state index is 0.273. The molecule has 0 amide bonds. The maximum Gasteiger partial charge on any atom is 0.124 e. The third-order valence-electron chi connectivity index (χ3n) is 4.81. The predicted molar refractivity (Wildman–Crippen MR) is 101 cm³/mol. The van der Waals surface area contributed by atoms with Crippen molar-refractivity contribution in [2.24, 2.45) is 0 Å². The first-order valence-corrected chi connectivity index (χ1v) is 8.84. The molecule has 1 aliphatic rings. The zero-order valence-corrected chi connectivity index (χ0v) is 15.2. The van der Waals surface area contributed by atoms with Crippen molar-refractivity contribution in [3.8, 4) is 11.5 Å². The van der Waals surface area contributed by atoms with E-state index in [9.17, 15) is 0 Å². The minimum Gasteiger partial charge on any atom is -0.497 e. The second-order valence-electron chi connectivity index (χ2n) is 6.48. The molecule has 0 unspecified atom stereocenters. The van der Waals surface area contributed by atoms with E-state index >= 15 is 0 Å². The van der Waals surface area contributed by atoms with Crippen LogP contribution in [0.15, 0.2) is 42.6 Å². The van der Waals surface area contributed by atoms with E-state index in [4.69, 9.17) is 9.47 Å². The van der Waals surface area contributed by atoms with Gasteiger partial charge in [-0.3, -0.25) is 4.98 Å². The highest BCUT2D eigenvalue weighted by Crippen LogP contribution is 2.30. The van der Waals surface area contributed by atoms with E-state index in [1.54, 1.807) is 14.2 Å². The summed E-state index contributed by atoms with van der Waals surface area (Å²) in [5.74, 6) is 1.66. The number of aromatic nitrogens is 1. The van der Waals surface area contributed by atoms with Crippen LogP contribution in [0.3, 0.4) is 0 Å². The van der Waals surface area contributed by atoms with Gasteiger partial charge in [-0.05, 0) is 31.9 Å². The molecule has 0 radical (unpaired) electrons. The van der Waals surface area contributed by atoms with Crippen molar-refractivity contribution in [2.75, 3.05) is 32.2 Å². The molecule has 2 aromatic rings. The molecule has 0 bridgehead atoms. The van der Waals surface area contributed by atoms with Gasteiger partial charge in [-0.15, -0.1) is 0 Å². The highest BCUT2D eigenvalue weighted by molar-refractivity contribution is 5.56. The number of hydrogen-bond acceptors (Lipinski definition) is 5. The number of rotatable bonds is 6. The summed E-state index contributed by atoms with van der Waals surface area (Å²) in [4.78, 5) is 6.84. The van der Waals surface area contributed by atoms with Crippen LogP contribution in [0, 0.1) is 0 Å². The molecule has 2 heterocycles. The summed E-state index contributed by atoms with van der Waals surface area (Å²) in [7, 11) is 3.38. The number of nitrogens with zero attached hydrogens (tertiary/aromatic N) is 2. The molecule has 1 atom stereocenters. The van der Waals surface area contributed by atoms with Gasteiger partial charge in [0.05, 0.1) is 19.9 Å². The number of anilines is 1. The van der Waals surface area contributed by atoms with Gasteiger partial charge in [0.25, 0.3) is 0 Å². The fourth-order valence-electron chi connectivity index (χ4n) is 3.35. The Balaban J connectivity index is 1.58. The van der Waals surface area contributed by atoms with Crippen LogP contribution in [0.5, 0.6) is 11.5 Å². The van der Waals surface area contributed by atoms with E-state index in [0.29, 0.717) is 6.04 Å². The highest BCUT2D eigenvalue weighted by Gasteiger charge is 2.22. The van der Waals surface area contributed by atoms with Crippen LogP contribution in [0.25, 0.3) is 0 Å². The number of piperidine rings is 1. The standard InChI is InChI=1S/C20H27N3O2/c1-15(20-6-4-5-9-21-20)22-16-7-10-23(11-8-16)17-12-18(24-2)14-19(13-17)25-3/h4-6,9,12-16,22H,7-8,10-11H2,1-3H3/t15-/m0/s1. The molecule has 5 nitrogen and oxygen atoms in total. The lowest BCUT2D eigenvalue weighted by Gasteiger charge is -2.35. The van der Waals surface area contributed by atoms with Gasteiger partial charge in [-0.25, -0.2) is 0 Å². The van der Waals surface area contributed by atoms with Gasteiger partial charge in [-0.1, -0.05) is 6.07 Å². The first-order valence-electron chi connectivity index (χ1n) is 8.84. The normalized spacial score (nSPS) is 16.5. The van der Waals surface area contributed by atoms with Crippen LogP contribution in [0.1, 0.15) is 31.5 Å². The number of hydrogen-bond donors (Lipinski definition) is 1. The summed E-state index contributed by atoms with van der Waals surface area (Å²) in [5, 5.41) is 3.71. The van der Waals surface area contributed by atoms with Crippen LogP contribution in [0.4, 0.5) is 5.69 Å². The maximum absolute atomic E-state index is 5.38. The molecule has 0 saturated carbocycles. The Morgan fingerprint density at radius 1 is 1.08 bits per heavy atom. The second-order valence-corrected chi connectivity index (χ2v) is 6.48. The van der Waals surface area contributed by atoms with Gasteiger partial charge in [0.1, 0.15) is 11.5 Å². The molecular formula is C20H27N3O2. The van der Waals surface area contributed by atoms with Crippen molar-refractivity contribution in [3.63, 3.8) is 0 Å². The van der Waals surface area contributed by atoms with E-state index in [-0.39, 0.29) is 6.04 Å². The average molecular weight is 341 g/mol. The SMILES string of the molecule is COc1cc(OC)cc(N2CCC(N[C@@H](C)c3ccccn3)CC2)c1. The monoisotopic (exact) mass is 341 g/mol. The van der Waals surface area contributed by atoms with Gasteiger partial charge in [0.2, 0.25) is 0 Å². The Hall–Kier alpha value is -2.27. The Kier molecular flexibility index (Phi) is 5.76. The molecular weight excluding hydrogens is 314 g/mol. The van der Waals surface area contributed by atoms with Crippen LogP contribution in [-0.2, 0) is 0 Å². The molecule has 1 aromatic carbocycles. The molecule has 0 spiro atoms.